The van der Waals surface area contributed by atoms with Gasteiger partial charge in [-0.1, -0.05) is 24.3 Å². The van der Waals surface area contributed by atoms with Crippen LogP contribution in [0.5, 0.6) is 23.0 Å². The molecule has 0 amide bonds. The number of nitrogens with zero attached hydrogens (tertiary/aromatic N) is 1. The van der Waals surface area contributed by atoms with Crippen molar-refractivity contribution in [1.82, 2.24) is 10.6 Å². The number of hydrogen-bond donors (Lipinski definition) is 3. The van der Waals surface area contributed by atoms with Gasteiger partial charge in [0.15, 0.2) is 29.0 Å². The average molecular weight is 515 g/mol. The number of hydrogen-bond acceptors (Lipinski definition) is 5. The van der Waals surface area contributed by atoms with Gasteiger partial charge in [0, 0.05) is 12.1 Å². The number of aliphatic imine (C=N–C) groups is 1. The second kappa shape index (κ2) is 13.0. The lowest BCUT2D eigenvalue weighted by Gasteiger charge is -2.19. The first-order valence-electron chi connectivity index (χ1n) is 9.25. The molecule has 0 bridgehead atoms. The molecule has 0 aliphatic heterocycles. The summed E-state index contributed by atoms with van der Waals surface area (Å²) in [5, 5.41) is 16.6. The lowest BCUT2D eigenvalue weighted by Crippen LogP contribution is -2.41. The van der Waals surface area contributed by atoms with Crippen LogP contribution in [0.2, 0.25) is 0 Å². The first kappa shape index (κ1) is 24.7. The zero-order valence-corrected chi connectivity index (χ0v) is 19.6. The number of aromatic hydroxyl groups is 1. The number of phenolic OH excluding ortho intramolecular Hbond substituents is 1. The third-order valence-electron chi connectivity index (χ3n) is 4.01. The lowest BCUT2D eigenvalue weighted by molar-refractivity contribution is 0.213. The second-order valence-electron chi connectivity index (χ2n) is 6.12. The number of nitrogens with one attached hydrogen (secondary N) is 2. The Morgan fingerprint density at radius 3 is 2.31 bits per heavy atom. The summed E-state index contributed by atoms with van der Waals surface area (Å²) in [6.45, 7) is 5.55. The van der Waals surface area contributed by atoms with Gasteiger partial charge in [0.2, 0.25) is 0 Å². The largest absolute Gasteiger partial charge is 0.504 e. The maximum Gasteiger partial charge on any atom is 0.191 e. The van der Waals surface area contributed by atoms with Gasteiger partial charge in [0.05, 0.1) is 27.3 Å². The van der Waals surface area contributed by atoms with Crippen LogP contribution in [0.25, 0.3) is 0 Å². The van der Waals surface area contributed by atoms with Crippen LogP contribution in [0, 0.1) is 0 Å². The van der Waals surface area contributed by atoms with Gasteiger partial charge in [-0.3, -0.25) is 0 Å². The molecule has 2 aromatic carbocycles. The topological polar surface area (TPSA) is 84.3 Å². The van der Waals surface area contributed by atoms with Crippen molar-refractivity contribution in [2.45, 2.75) is 26.5 Å². The lowest BCUT2D eigenvalue weighted by atomic mass is 10.2. The highest BCUT2D eigenvalue weighted by molar-refractivity contribution is 14.0. The maximum atomic E-state index is 10.2. The van der Waals surface area contributed by atoms with E-state index in [2.05, 4.69) is 15.6 Å². The normalized spacial score (nSPS) is 11.8. The summed E-state index contributed by atoms with van der Waals surface area (Å²) in [5.41, 5.74) is 0.690. The van der Waals surface area contributed by atoms with Crippen LogP contribution in [0.15, 0.2) is 47.5 Å². The molecule has 2 rings (SSSR count). The van der Waals surface area contributed by atoms with Crippen LogP contribution in [-0.2, 0) is 6.54 Å². The highest BCUT2D eigenvalue weighted by Crippen LogP contribution is 2.29. The molecule has 0 aromatic heterocycles. The van der Waals surface area contributed by atoms with Crippen molar-refractivity contribution < 1.29 is 19.3 Å². The van der Waals surface area contributed by atoms with Crippen molar-refractivity contribution >= 4 is 29.9 Å². The third kappa shape index (κ3) is 7.52. The summed E-state index contributed by atoms with van der Waals surface area (Å²) < 4.78 is 16.4. The summed E-state index contributed by atoms with van der Waals surface area (Å²) >= 11 is 0. The van der Waals surface area contributed by atoms with Crippen LogP contribution in [0.3, 0.4) is 0 Å². The molecule has 1 unspecified atom stereocenters. The Labute approximate surface area is 189 Å². The molecule has 3 N–H and O–H groups in total. The molecular formula is C21H30IN3O4. The Kier molecular flexibility index (Phi) is 11.0. The van der Waals surface area contributed by atoms with Gasteiger partial charge in [-0.05, 0) is 32.0 Å². The Hall–Kier alpha value is -2.36. The smallest absolute Gasteiger partial charge is 0.191 e. The summed E-state index contributed by atoms with van der Waals surface area (Å²) in [6.07, 6.45) is -0.106. The number of methoxy groups -OCH3 is 2. The van der Waals surface area contributed by atoms with E-state index >= 15 is 0 Å². The van der Waals surface area contributed by atoms with Crippen LogP contribution < -0.4 is 24.8 Å². The minimum absolute atomic E-state index is 0. The summed E-state index contributed by atoms with van der Waals surface area (Å²) in [6, 6.07) is 12.9. The molecular weight excluding hydrogens is 485 g/mol. The monoisotopic (exact) mass is 515 g/mol. The minimum Gasteiger partial charge on any atom is -0.504 e. The number of guanidine groups is 1. The number of phenols is 1. The van der Waals surface area contributed by atoms with Crippen LogP contribution in [0.1, 0.15) is 19.4 Å². The Morgan fingerprint density at radius 2 is 1.66 bits per heavy atom. The molecule has 0 fully saturated rings. The number of benzene rings is 2. The molecule has 0 saturated carbocycles. The standard InChI is InChI=1S/C21H29N3O4.HI/c1-5-22-21(24-14-16-9-8-12-19(27-4)20(16)25)23-13-15(2)28-18-11-7-6-10-17(18)26-3;/h6-12,15,25H,5,13-14H2,1-4H3,(H2,22,23,24);1H. The minimum atomic E-state index is -0.106. The van der Waals surface area contributed by atoms with E-state index in [0.29, 0.717) is 41.9 Å². The molecule has 1 atom stereocenters. The number of para-hydroxylation sites is 3. The van der Waals surface area contributed by atoms with E-state index in [0.717, 1.165) is 6.54 Å². The van der Waals surface area contributed by atoms with Gasteiger partial charge >= 0.3 is 0 Å². The predicted octanol–water partition coefficient (Wildman–Crippen LogP) is 3.55. The third-order valence-corrected chi connectivity index (χ3v) is 4.01. The molecule has 8 heteroatoms. The first-order valence-corrected chi connectivity index (χ1v) is 9.25. The van der Waals surface area contributed by atoms with E-state index in [4.69, 9.17) is 14.2 Å². The van der Waals surface area contributed by atoms with Crippen molar-refractivity contribution in [2.75, 3.05) is 27.3 Å². The molecule has 0 heterocycles. The Bertz CT molecular complexity index is 786. The highest BCUT2D eigenvalue weighted by Gasteiger charge is 2.10. The van der Waals surface area contributed by atoms with Gasteiger partial charge in [0.25, 0.3) is 0 Å². The van der Waals surface area contributed by atoms with Crippen LogP contribution >= 0.6 is 24.0 Å². The van der Waals surface area contributed by atoms with Crippen LogP contribution in [-0.4, -0.2) is 44.5 Å². The van der Waals surface area contributed by atoms with E-state index in [-0.39, 0.29) is 35.8 Å². The molecule has 2 aromatic rings. The van der Waals surface area contributed by atoms with Crippen LogP contribution in [0.4, 0.5) is 0 Å². The number of ether oxygens (including phenoxy) is 3. The van der Waals surface area contributed by atoms with Crippen molar-refractivity contribution in [3.8, 4) is 23.0 Å². The Balaban J connectivity index is 0.00000420. The van der Waals surface area contributed by atoms with Gasteiger partial charge < -0.3 is 30.0 Å². The quantitative estimate of drug-likeness (QED) is 0.269. The fraction of sp³-hybridized carbons (Fsp3) is 0.381. The first-order chi connectivity index (χ1) is 13.6. The average Bonchev–Trinajstić information content (AvgIpc) is 2.71. The molecule has 0 aliphatic carbocycles. The molecule has 0 radical (unpaired) electrons. The zero-order chi connectivity index (χ0) is 20.4. The van der Waals surface area contributed by atoms with Crippen molar-refractivity contribution in [1.29, 1.82) is 0 Å². The van der Waals surface area contributed by atoms with E-state index in [1.54, 1.807) is 13.2 Å². The van der Waals surface area contributed by atoms with E-state index in [9.17, 15) is 5.11 Å². The summed E-state index contributed by atoms with van der Waals surface area (Å²) in [7, 11) is 3.14. The zero-order valence-electron chi connectivity index (χ0n) is 17.3. The van der Waals surface area contributed by atoms with Crippen molar-refractivity contribution in [3.63, 3.8) is 0 Å². The van der Waals surface area contributed by atoms with E-state index in [1.165, 1.54) is 7.11 Å². The van der Waals surface area contributed by atoms with E-state index in [1.807, 2.05) is 50.2 Å². The summed E-state index contributed by atoms with van der Waals surface area (Å²) in [5.74, 6) is 2.58. The number of halogens is 1. The SMILES string of the molecule is CCNC(=NCc1cccc(OC)c1O)NCC(C)Oc1ccccc1OC.I. The number of rotatable bonds is 9. The summed E-state index contributed by atoms with van der Waals surface area (Å²) in [4.78, 5) is 4.53. The molecule has 29 heavy (non-hydrogen) atoms. The second-order valence-corrected chi connectivity index (χ2v) is 6.12. The molecule has 0 spiro atoms. The predicted molar refractivity (Wildman–Crippen MR) is 126 cm³/mol. The molecule has 0 saturated heterocycles. The van der Waals surface area contributed by atoms with Gasteiger partial charge in [-0.25, -0.2) is 4.99 Å². The molecule has 160 valence electrons. The fourth-order valence-corrected chi connectivity index (χ4v) is 2.58. The highest BCUT2D eigenvalue weighted by atomic mass is 127. The van der Waals surface area contributed by atoms with Gasteiger partial charge in [0.1, 0.15) is 6.10 Å². The van der Waals surface area contributed by atoms with Gasteiger partial charge in [-0.15, -0.1) is 24.0 Å². The molecule has 7 nitrogen and oxygen atoms in total. The fourth-order valence-electron chi connectivity index (χ4n) is 2.58. The van der Waals surface area contributed by atoms with Crippen molar-refractivity contribution in [3.05, 3.63) is 48.0 Å². The van der Waals surface area contributed by atoms with Gasteiger partial charge in [-0.2, -0.15) is 0 Å². The molecule has 0 aliphatic rings. The van der Waals surface area contributed by atoms with Crippen molar-refractivity contribution in [2.24, 2.45) is 4.99 Å². The maximum absolute atomic E-state index is 10.2. The van der Waals surface area contributed by atoms with E-state index < -0.39 is 0 Å². The Morgan fingerprint density at radius 1 is 1.00 bits per heavy atom.